The highest BCUT2D eigenvalue weighted by atomic mass is 32.2. The van der Waals surface area contributed by atoms with Crippen LogP contribution in [0, 0.1) is 0 Å². The lowest BCUT2D eigenvalue weighted by atomic mass is 10.0. The fourth-order valence-electron chi connectivity index (χ4n) is 2.64. The maximum Gasteiger partial charge on any atom is 0.261 e. The number of nitrogens with one attached hydrogen (secondary N) is 1. The topological polar surface area (TPSA) is 66.5 Å². The summed E-state index contributed by atoms with van der Waals surface area (Å²) in [6, 6.07) is 13.4. The van der Waals surface area contributed by atoms with E-state index < -0.39 is 10.0 Å². The molecule has 26 heavy (non-hydrogen) atoms. The van der Waals surface area contributed by atoms with Crippen molar-refractivity contribution in [2.45, 2.75) is 38.5 Å². The zero-order valence-corrected chi connectivity index (χ0v) is 16.5. The molecule has 0 heterocycles. The van der Waals surface area contributed by atoms with Gasteiger partial charge in [0.05, 0.1) is 4.90 Å². The van der Waals surface area contributed by atoms with Gasteiger partial charge in [-0.25, -0.2) is 8.42 Å². The van der Waals surface area contributed by atoms with Crippen molar-refractivity contribution >= 4 is 21.6 Å². The molecule has 0 aliphatic heterocycles. The molecule has 0 saturated carbocycles. The van der Waals surface area contributed by atoms with E-state index in [1.807, 2.05) is 26.0 Å². The molecule has 2 aromatic carbocycles. The van der Waals surface area contributed by atoms with Gasteiger partial charge in [-0.1, -0.05) is 32.0 Å². The molecule has 0 fully saturated rings. The minimum atomic E-state index is -3.76. The molecule has 1 N–H and O–H groups in total. The first-order valence-electron chi connectivity index (χ1n) is 8.80. The molecule has 0 spiro atoms. The molecule has 2 aromatic rings. The van der Waals surface area contributed by atoms with Crippen molar-refractivity contribution in [3.05, 3.63) is 59.7 Å². The summed E-state index contributed by atoms with van der Waals surface area (Å²) in [6.07, 6.45) is 0. The van der Waals surface area contributed by atoms with Crippen molar-refractivity contribution in [1.29, 1.82) is 0 Å². The van der Waals surface area contributed by atoms with Crippen LogP contribution in [0.4, 0.5) is 5.69 Å². The van der Waals surface area contributed by atoms with Crippen LogP contribution in [-0.2, 0) is 10.0 Å². The number of nitrogens with zero attached hydrogens (tertiary/aromatic N) is 1. The van der Waals surface area contributed by atoms with Gasteiger partial charge in [0.25, 0.3) is 15.9 Å². The van der Waals surface area contributed by atoms with Crippen molar-refractivity contribution in [2.24, 2.45) is 0 Å². The maximum absolute atomic E-state index is 12.7. The largest absolute Gasteiger partial charge is 0.339 e. The smallest absolute Gasteiger partial charge is 0.261 e. The minimum Gasteiger partial charge on any atom is -0.339 e. The zero-order valence-electron chi connectivity index (χ0n) is 15.7. The van der Waals surface area contributed by atoms with E-state index in [1.54, 1.807) is 29.2 Å². The number of rotatable bonds is 7. The first kappa shape index (κ1) is 20.0. The minimum absolute atomic E-state index is 0.0726. The average molecular weight is 375 g/mol. The van der Waals surface area contributed by atoms with Gasteiger partial charge in [0.1, 0.15) is 0 Å². The molecular formula is C20H26N2O3S. The summed E-state index contributed by atoms with van der Waals surface area (Å²) < 4.78 is 27.9. The molecule has 0 saturated heterocycles. The third kappa shape index (κ3) is 4.64. The van der Waals surface area contributed by atoms with E-state index in [0.29, 0.717) is 30.3 Å². The highest BCUT2D eigenvalue weighted by Gasteiger charge is 2.18. The summed E-state index contributed by atoms with van der Waals surface area (Å²) in [5.74, 6) is 0.205. The van der Waals surface area contributed by atoms with E-state index >= 15 is 0 Å². The lowest BCUT2D eigenvalue weighted by Gasteiger charge is -2.19. The lowest BCUT2D eigenvalue weighted by Crippen LogP contribution is -2.30. The van der Waals surface area contributed by atoms with Crippen LogP contribution in [-0.4, -0.2) is 32.3 Å². The Hall–Kier alpha value is -2.34. The molecule has 0 aliphatic carbocycles. The Morgan fingerprint density at radius 1 is 1.04 bits per heavy atom. The molecule has 0 aliphatic rings. The number of benzene rings is 2. The summed E-state index contributed by atoms with van der Waals surface area (Å²) in [6.45, 7) is 9.10. The van der Waals surface area contributed by atoms with Crippen molar-refractivity contribution in [3.8, 4) is 0 Å². The van der Waals surface area contributed by atoms with Gasteiger partial charge in [0, 0.05) is 24.3 Å². The number of hydrogen-bond acceptors (Lipinski definition) is 3. The number of carbonyl (C=O) groups is 1. The Balaban J connectivity index is 2.26. The third-order valence-electron chi connectivity index (χ3n) is 4.27. The normalized spacial score (nSPS) is 11.4. The molecule has 0 aromatic heterocycles. The van der Waals surface area contributed by atoms with Gasteiger partial charge in [-0.05, 0) is 55.7 Å². The summed E-state index contributed by atoms with van der Waals surface area (Å²) in [4.78, 5) is 14.2. The van der Waals surface area contributed by atoms with Gasteiger partial charge in [-0.2, -0.15) is 0 Å². The molecule has 0 radical (unpaired) electrons. The number of hydrogen-bond donors (Lipinski definition) is 1. The van der Waals surface area contributed by atoms with Crippen molar-refractivity contribution < 1.29 is 13.2 Å². The number of anilines is 1. The van der Waals surface area contributed by atoms with Crippen LogP contribution < -0.4 is 4.72 Å². The van der Waals surface area contributed by atoms with Gasteiger partial charge < -0.3 is 4.90 Å². The van der Waals surface area contributed by atoms with Crippen LogP contribution in [0.15, 0.2) is 53.4 Å². The van der Waals surface area contributed by atoms with Crippen LogP contribution >= 0.6 is 0 Å². The third-order valence-corrected chi connectivity index (χ3v) is 5.65. The fourth-order valence-corrected chi connectivity index (χ4v) is 3.74. The predicted octanol–water partition coefficient (Wildman–Crippen LogP) is 4.09. The maximum atomic E-state index is 12.7. The van der Waals surface area contributed by atoms with E-state index in [-0.39, 0.29) is 10.8 Å². The zero-order chi connectivity index (χ0) is 19.3. The molecule has 0 bridgehead atoms. The van der Waals surface area contributed by atoms with Crippen molar-refractivity contribution in [2.75, 3.05) is 17.8 Å². The van der Waals surface area contributed by atoms with E-state index in [2.05, 4.69) is 18.6 Å². The molecular weight excluding hydrogens is 348 g/mol. The number of carbonyl (C=O) groups excluding carboxylic acids is 1. The second kappa shape index (κ2) is 8.36. The van der Waals surface area contributed by atoms with Gasteiger partial charge >= 0.3 is 0 Å². The number of sulfonamides is 1. The molecule has 6 heteroatoms. The Kier molecular flexibility index (Phi) is 6.42. The van der Waals surface area contributed by atoms with Crippen LogP contribution in [0.2, 0.25) is 0 Å². The quantitative estimate of drug-likeness (QED) is 0.794. The standard InChI is InChI=1S/C20H26N2O3S/c1-5-22(6-2)20(23)17-8-7-9-19(14-17)26(24,25)21-18-12-10-16(11-13-18)15(3)4/h7-15,21H,5-6H2,1-4H3. The predicted molar refractivity (Wildman–Crippen MR) is 105 cm³/mol. The second-order valence-corrected chi connectivity index (χ2v) is 8.07. The van der Waals surface area contributed by atoms with Gasteiger partial charge in [-0.15, -0.1) is 0 Å². The van der Waals surface area contributed by atoms with Gasteiger partial charge in [0.2, 0.25) is 0 Å². The monoisotopic (exact) mass is 374 g/mol. The molecule has 0 unspecified atom stereocenters. The Labute approximate surface area is 156 Å². The van der Waals surface area contributed by atoms with Crippen LogP contribution in [0.5, 0.6) is 0 Å². The SMILES string of the molecule is CCN(CC)C(=O)c1cccc(S(=O)(=O)Nc2ccc(C(C)C)cc2)c1. The summed E-state index contributed by atoms with van der Waals surface area (Å²) in [5.41, 5.74) is 2.00. The van der Waals surface area contributed by atoms with Crippen molar-refractivity contribution in [1.82, 2.24) is 4.90 Å². The van der Waals surface area contributed by atoms with E-state index in [1.165, 1.54) is 12.1 Å². The summed E-state index contributed by atoms with van der Waals surface area (Å²) in [5, 5.41) is 0. The van der Waals surface area contributed by atoms with Crippen LogP contribution in [0.25, 0.3) is 0 Å². The highest BCUT2D eigenvalue weighted by molar-refractivity contribution is 7.92. The van der Waals surface area contributed by atoms with E-state index in [4.69, 9.17) is 0 Å². The first-order chi connectivity index (χ1) is 12.3. The van der Waals surface area contributed by atoms with E-state index in [0.717, 1.165) is 5.56 Å². The van der Waals surface area contributed by atoms with E-state index in [9.17, 15) is 13.2 Å². The fraction of sp³-hybridized carbons (Fsp3) is 0.350. The molecule has 2 rings (SSSR count). The number of amides is 1. The van der Waals surface area contributed by atoms with Gasteiger partial charge in [-0.3, -0.25) is 9.52 Å². The molecule has 1 amide bonds. The Morgan fingerprint density at radius 2 is 1.65 bits per heavy atom. The lowest BCUT2D eigenvalue weighted by molar-refractivity contribution is 0.0772. The Bertz CT molecular complexity index is 855. The second-order valence-electron chi connectivity index (χ2n) is 6.39. The first-order valence-corrected chi connectivity index (χ1v) is 10.3. The Morgan fingerprint density at radius 3 is 2.19 bits per heavy atom. The molecule has 0 atom stereocenters. The molecule has 5 nitrogen and oxygen atoms in total. The average Bonchev–Trinajstić information content (AvgIpc) is 2.63. The van der Waals surface area contributed by atoms with Crippen molar-refractivity contribution in [3.63, 3.8) is 0 Å². The summed E-state index contributed by atoms with van der Waals surface area (Å²) >= 11 is 0. The summed E-state index contributed by atoms with van der Waals surface area (Å²) in [7, 11) is -3.76. The van der Waals surface area contributed by atoms with Crippen LogP contribution in [0.3, 0.4) is 0 Å². The molecule has 140 valence electrons. The van der Waals surface area contributed by atoms with Gasteiger partial charge in [0.15, 0.2) is 0 Å². The highest BCUT2D eigenvalue weighted by Crippen LogP contribution is 2.21. The van der Waals surface area contributed by atoms with Crippen LogP contribution in [0.1, 0.15) is 49.5 Å².